The van der Waals surface area contributed by atoms with Gasteiger partial charge in [-0.2, -0.15) is 4.98 Å². The molecule has 2 aromatic heterocycles. The zero-order valence-electron chi connectivity index (χ0n) is 12.6. The molecule has 0 spiro atoms. The predicted molar refractivity (Wildman–Crippen MR) is 81.6 cm³/mol. The lowest BCUT2D eigenvalue weighted by molar-refractivity contribution is 0.321. The summed E-state index contributed by atoms with van der Waals surface area (Å²) in [5.74, 6) is 1.46. The molecular weight excluding hydrogens is 294 g/mol. The fourth-order valence-corrected chi connectivity index (χ4v) is 2.68. The van der Waals surface area contributed by atoms with Crippen LogP contribution in [0.2, 0.25) is 0 Å². The second kappa shape index (κ2) is 5.77. The Morgan fingerprint density at radius 3 is 2.96 bits per heavy atom. The summed E-state index contributed by atoms with van der Waals surface area (Å²) >= 11 is 0. The first-order valence-corrected chi connectivity index (χ1v) is 7.33. The van der Waals surface area contributed by atoms with Crippen LogP contribution in [0.25, 0.3) is 11.5 Å². The average Bonchev–Trinajstić information content (AvgIpc) is 3.11. The van der Waals surface area contributed by atoms with Crippen LogP contribution in [0.4, 0.5) is 0 Å². The summed E-state index contributed by atoms with van der Waals surface area (Å²) in [4.78, 5) is 12.6. The van der Waals surface area contributed by atoms with Gasteiger partial charge in [0.25, 0.3) is 0 Å². The zero-order chi connectivity index (χ0) is 15.6. The molecule has 1 atom stereocenters. The second-order valence-corrected chi connectivity index (χ2v) is 5.31. The fraction of sp³-hybridized carbons (Fsp3) is 0.250. The van der Waals surface area contributed by atoms with E-state index < -0.39 is 0 Å². The van der Waals surface area contributed by atoms with Gasteiger partial charge in [0.05, 0.1) is 13.2 Å². The van der Waals surface area contributed by atoms with E-state index in [1.165, 1.54) is 17.5 Å². The van der Waals surface area contributed by atoms with Crippen LogP contribution in [0.1, 0.15) is 23.1 Å². The Morgan fingerprint density at radius 1 is 1.22 bits per heavy atom. The van der Waals surface area contributed by atoms with Crippen molar-refractivity contribution in [3.8, 4) is 17.4 Å². The van der Waals surface area contributed by atoms with E-state index in [0.29, 0.717) is 23.3 Å². The van der Waals surface area contributed by atoms with Crippen molar-refractivity contribution in [2.24, 2.45) is 0 Å². The highest BCUT2D eigenvalue weighted by atomic mass is 16.5. The molecule has 1 aromatic carbocycles. The fourth-order valence-electron chi connectivity index (χ4n) is 2.68. The third-order valence-corrected chi connectivity index (χ3v) is 3.90. The Kier molecular flexibility index (Phi) is 3.47. The molecule has 116 valence electrons. The number of nitrogens with zero attached hydrogens (tertiary/aromatic N) is 4. The molecule has 7 nitrogen and oxygen atoms in total. The number of hydrogen-bond acceptors (Lipinski definition) is 7. The standard InChI is InChI=1S/C16H15N5O2/c1-22-14-7-12(18-9-19-14)15-20-16(23-21-15)13-6-10-4-2-3-5-11(10)8-17-13/h2-5,7,9,13,17H,6,8H2,1H3/t13-/m1/s1. The first-order valence-electron chi connectivity index (χ1n) is 7.33. The van der Waals surface area contributed by atoms with E-state index >= 15 is 0 Å². The highest BCUT2D eigenvalue weighted by molar-refractivity contribution is 5.49. The van der Waals surface area contributed by atoms with Crippen LogP contribution >= 0.6 is 0 Å². The molecule has 0 unspecified atom stereocenters. The molecule has 0 aliphatic carbocycles. The Bertz CT molecular complexity index is 833. The highest BCUT2D eigenvalue weighted by Gasteiger charge is 2.24. The third kappa shape index (κ3) is 2.66. The van der Waals surface area contributed by atoms with Crippen LogP contribution in [-0.4, -0.2) is 27.2 Å². The van der Waals surface area contributed by atoms with Crippen LogP contribution in [0.15, 0.2) is 41.2 Å². The first kappa shape index (κ1) is 13.8. The molecule has 1 N–H and O–H groups in total. The topological polar surface area (TPSA) is 86.0 Å². The first-order chi connectivity index (χ1) is 11.3. The molecule has 23 heavy (non-hydrogen) atoms. The molecule has 3 heterocycles. The lowest BCUT2D eigenvalue weighted by Gasteiger charge is -2.23. The van der Waals surface area contributed by atoms with Gasteiger partial charge < -0.3 is 14.6 Å². The van der Waals surface area contributed by atoms with E-state index in [0.717, 1.165) is 13.0 Å². The zero-order valence-corrected chi connectivity index (χ0v) is 12.6. The van der Waals surface area contributed by atoms with Gasteiger partial charge >= 0.3 is 0 Å². The summed E-state index contributed by atoms with van der Waals surface area (Å²) in [5.41, 5.74) is 3.19. The van der Waals surface area contributed by atoms with Crippen LogP contribution in [0, 0.1) is 0 Å². The van der Waals surface area contributed by atoms with Gasteiger partial charge in [-0.05, 0) is 17.5 Å². The van der Waals surface area contributed by atoms with Gasteiger partial charge in [-0.25, -0.2) is 9.97 Å². The predicted octanol–water partition coefficient (Wildman–Crippen LogP) is 1.92. The molecule has 1 aliphatic rings. The summed E-state index contributed by atoms with van der Waals surface area (Å²) in [5, 5.41) is 7.45. The SMILES string of the molecule is COc1cc(-c2noc([C@H]3Cc4ccccc4CN3)n2)ncn1. The molecule has 0 radical (unpaired) electrons. The molecule has 0 amide bonds. The maximum absolute atomic E-state index is 5.42. The van der Waals surface area contributed by atoms with Gasteiger partial charge in [-0.3, -0.25) is 0 Å². The Hall–Kier alpha value is -2.80. The van der Waals surface area contributed by atoms with E-state index in [2.05, 4.69) is 37.6 Å². The van der Waals surface area contributed by atoms with Crippen molar-refractivity contribution in [2.75, 3.05) is 7.11 Å². The van der Waals surface area contributed by atoms with E-state index in [4.69, 9.17) is 9.26 Å². The van der Waals surface area contributed by atoms with Gasteiger partial charge in [0.2, 0.25) is 17.6 Å². The van der Waals surface area contributed by atoms with Gasteiger partial charge in [-0.15, -0.1) is 0 Å². The number of ether oxygens (including phenoxy) is 1. The summed E-state index contributed by atoms with van der Waals surface area (Å²) in [6.07, 6.45) is 2.24. The summed E-state index contributed by atoms with van der Waals surface area (Å²) < 4.78 is 10.5. The quantitative estimate of drug-likeness (QED) is 0.791. The third-order valence-electron chi connectivity index (χ3n) is 3.90. The minimum absolute atomic E-state index is 0.00915. The normalized spacial score (nSPS) is 16.8. The maximum Gasteiger partial charge on any atom is 0.244 e. The Morgan fingerprint density at radius 2 is 2.09 bits per heavy atom. The summed E-state index contributed by atoms with van der Waals surface area (Å²) in [7, 11) is 1.55. The molecule has 1 aliphatic heterocycles. The highest BCUT2D eigenvalue weighted by Crippen LogP contribution is 2.26. The number of fused-ring (bicyclic) bond motifs is 1. The van der Waals surface area contributed by atoms with Crippen molar-refractivity contribution in [2.45, 2.75) is 19.0 Å². The number of benzene rings is 1. The van der Waals surface area contributed by atoms with Crippen molar-refractivity contribution >= 4 is 0 Å². The van der Waals surface area contributed by atoms with Gasteiger partial charge in [-0.1, -0.05) is 29.4 Å². The van der Waals surface area contributed by atoms with E-state index in [1.54, 1.807) is 13.2 Å². The van der Waals surface area contributed by atoms with Gasteiger partial charge in [0.15, 0.2) is 0 Å². The van der Waals surface area contributed by atoms with E-state index in [9.17, 15) is 0 Å². The molecule has 0 saturated carbocycles. The molecule has 0 saturated heterocycles. The monoisotopic (exact) mass is 309 g/mol. The van der Waals surface area contributed by atoms with Crippen LogP contribution < -0.4 is 10.1 Å². The summed E-state index contributed by atoms with van der Waals surface area (Å²) in [6.45, 7) is 0.792. The van der Waals surface area contributed by atoms with Gasteiger partial charge in [0.1, 0.15) is 12.0 Å². The van der Waals surface area contributed by atoms with E-state index in [1.807, 2.05) is 12.1 Å². The molecule has 0 bridgehead atoms. The molecule has 3 aromatic rings. The molecule has 4 rings (SSSR count). The van der Waals surface area contributed by atoms with Crippen molar-refractivity contribution in [3.63, 3.8) is 0 Å². The second-order valence-electron chi connectivity index (χ2n) is 5.31. The van der Waals surface area contributed by atoms with E-state index in [-0.39, 0.29) is 6.04 Å². The average molecular weight is 309 g/mol. The smallest absolute Gasteiger partial charge is 0.244 e. The van der Waals surface area contributed by atoms with Crippen LogP contribution in [-0.2, 0) is 13.0 Å². The Balaban J connectivity index is 1.59. The van der Waals surface area contributed by atoms with Crippen LogP contribution in [0.3, 0.4) is 0 Å². The molecule has 7 heteroatoms. The van der Waals surface area contributed by atoms with Crippen molar-refractivity contribution in [1.82, 2.24) is 25.4 Å². The van der Waals surface area contributed by atoms with Crippen molar-refractivity contribution in [3.05, 3.63) is 53.7 Å². The molecular formula is C16H15N5O2. The largest absolute Gasteiger partial charge is 0.481 e. The van der Waals surface area contributed by atoms with Crippen molar-refractivity contribution < 1.29 is 9.26 Å². The maximum atomic E-state index is 5.42. The lowest BCUT2D eigenvalue weighted by Crippen LogP contribution is -2.28. The number of rotatable bonds is 3. The molecule has 0 fully saturated rings. The lowest BCUT2D eigenvalue weighted by atomic mass is 9.96. The van der Waals surface area contributed by atoms with Gasteiger partial charge in [0, 0.05) is 12.6 Å². The van der Waals surface area contributed by atoms with Crippen LogP contribution in [0.5, 0.6) is 5.88 Å². The minimum atomic E-state index is 0.00915. The van der Waals surface area contributed by atoms with Crippen molar-refractivity contribution in [1.29, 1.82) is 0 Å². The number of hydrogen-bond donors (Lipinski definition) is 1. The minimum Gasteiger partial charge on any atom is -0.481 e. The summed E-state index contributed by atoms with van der Waals surface area (Å²) in [6, 6.07) is 10.1. The number of methoxy groups -OCH3 is 1. The number of nitrogens with one attached hydrogen (secondary N) is 1. The Labute approximate surface area is 132 Å². The number of aromatic nitrogens is 4.